The van der Waals surface area contributed by atoms with Crippen LogP contribution < -0.4 is 4.90 Å². The van der Waals surface area contributed by atoms with Crippen molar-refractivity contribution in [2.24, 2.45) is 0 Å². The molecular formula is C19H19Cl2N3O3. The fourth-order valence-corrected chi connectivity index (χ4v) is 3.15. The van der Waals surface area contributed by atoms with Crippen molar-refractivity contribution in [1.82, 2.24) is 9.97 Å². The van der Waals surface area contributed by atoms with Gasteiger partial charge >= 0.3 is 0 Å². The summed E-state index contributed by atoms with van der Waals surface area (Å²) in [6, 6.07) is 10.2. The van der Waals surface area contributed by atoms with Gasteiger partial charge in [0.15, 0.2) is 5.82 Å². The van der Waals surface area contributed by atoms with Gasteiger partial charge in [-0.15, -0.1) is 0 Å². The van der Waals surface area contributed by atoms with Crippen molar-refractivity contribution in [3.05, 3.63) is 57.8 Å². The summed E-state index contributed by atoms with van der Waals surface area (Å²) in [7, 11) is 0. The van der Waals surface area contributed by atoms with E-state index < -0.39 is 11.5 Å². The Morgan fingerprint density at radius 3 is 2.67 bits per heavy atom. The first-order chi connectivity index (χ1) is 12.7. The van der Waals surface area contributed by atoms with Gasteiger partial charge < -0.3 is 20.1 Å². The van der Waals surface area contributed by atoms with Crippen molar-refractivity contribution < 1.29 is 15.0 Å². The molecule has 3 N–H and O–H groups in total. The van der Waals surface area contributed by atoms with Crippen LogP contribution >= 0.6 is 23.2 Å². The number of nitrogens with one attached hydrogen (secondary N) is 1. The molecule has 0 aliphatic rings. The van der Waals surface area contributed by atoms with Crippen LogP contribution in [0, 0.1) is 0 Å². The number of hydrogen-bond acceptors (Lipinski definition) is 4. The summed E-state index contributed by atoms with van der Waals surface area (Å²) in [5.74, 6) is -0.350. The standard InChI is InChI=1S/C19H19Cl2N3O3/c1-19(2,27)11-6-7-13-14(10-11)23-17(22-13)18(26)24(8-9-25)15-5-3-4-12(20)16(15)21/h3-7,10,25,27H,8-9H2,1-2H3,(H,22,23). The van der Waals surface area contributed by atoms with Gasteiger partial charge in [0.2, 0.25) is 0 Å². The molecule has 3 rings (SSSR count). The van der Waals surface area contributed by atoms with E-state index in [9.17, 15) is 15.0 Å². The first-order valence-electron chi connectivity index (χ1n) is 8.31. The van der Waals surface area contributed by atoms with Crippen molar-refractivity contribution in [2.45, 2.75) is 19.4 Å². The van der Waals surface area contributed by atoms with Crippen LogP contribution in [-0.2, 0) is 5.60 Å². The Hall–Kier alpha value is -2.12. The zero-order chi connectivity index (χ0) is 19.8. The molecule has 1 heterocycles. The number of aliphatic hydroxyl groups is 2. The minimum Gasteiger partial charge on any atom is -0.395 e. The first kappa shape index (κ1) is 19.6. The van der Waals surface area contributed by atoms with Crippen molar-refractivity contribution in [3.8, 4) is 0 Å². The molecule has 1 aromatic heterocycles. The van der Waals surface area contributed by atoms with E-state index in [-0.39, 0.29) is 24.0 Å². The Bertz CT molecular complexity index is 996. The van der Waals surface area contributed by atoms with Crippen LogP contribution in [0.5, 0.6) is 0 Å². The quantitative estimate of drug-likeness (QED) is 0.600. The Kier molecular flexibility index (Phi) is 5.44. The second-order valence-electron chi connectivity index (χ2n) is 6.63. The number of carbonyl (C=O) groups excluding carboxylic acids is 1. The molecule has 6 nitrogen and oxygen atoms in total. The molecule has 1 amide bonds. The molecule has 0 radical (unpaired) electrons. The highest BCUT2D eigenvalue weighted by atomic mass is 35.5. The number of nitrogens with zero attached hydrogens (tertiary/aromatic N) is 2. The Morgan fingerprint density at radius 2 is 2.00 bits per heavy atom. The molecule has 0 saturated carbocycles. The maximum absolute atomic E-state index is 13.0. The lowest BCUT2D eigenvalue weighted by molar-refractivity contribution is 0.0787. The zero-order valence-electron chi connectivity index (χ0n) is 14.8. The molecular weight excluding hydrogens is 389 g/mol. The zero-order valence-corrected chi connectivity index (χ0v) is 16.3. The molecule has 3 aromatic rings. The second-order valence-corrected chi connectivity index (χ2v) is 7.41. The smallest absolute Gasteiger partial charge is 0.294 e. The van der Waals surface area contributed by atoms with Crippen LogP contribution in [0.2, 0.25) is 10.0 Å². The monoisotopic (exact) mass is 407 g/mol. The van der Waals surface area contributed by atoms with Crippen LogP contribution in [0.4, 0.5) is 5.69 Å². The van der Waals surface area contributed by atoms with Gasteiger partial charge in [0, 0.05) is 6.54 Å². The van der Waals surface area contributed by atoms with E-state index in [1.54, 1.807) is 50.2 Å². The van der Waals surface area contributed by atoms with Crippen LogP contribution in [0.25, 0.3) is 11.0 Å². The molecule has 0 saturated heterocycles. The number of benzene rings is 2. The highest BCUT2D eigenvalue weighted by Gasteiger charge is 2.24. The largest absolute Gasteiger partial charge is 0.395 e. The van der Waals surface area contributed by atoms with Gasteiger partial charge in [0.05, 0.1) is 39.0 Å². The fraction of sp³-hybridized carbons (Fsp3) is 0.263. The molecule has 2 aromatic carbocycles. The first-order valence-corrected chi connectivity index (χ1v) is 9.07. The number of hydrogen-bond donors (Lipinski definition) is 3. The molecule has 0 fully saturated rings. The maximum atomic E-state index is 13.0. The van der Waals surface area contributed by atoms with Crippen molar-refractivity contribution >= 4 is 45.8 Å². The highest BCUT2D eigenvalue weighted by molar-refractivity contribution is 6.44. The summed E-state index contributed by atoms with van der Waals surface area (Å²) >= 11 is 12.3. The summed E-state index contributed by atoms with van der Waals surface area (Å²) in [5, 5.41) is 20.1. The SMILES string of the molecule is CC(C)(O)c1ccc2[nH]c(C(=O)N(CCO)c3cccc(Cl)c3Cl)nc2c1. The molecule has 0 bridgehead atoms. The lowest BCUT2D eigenvalue weighted by Crippen LogP contribution is -2.34. The third-order valence-electron chi connectivity index (χ3n) is 4.18. The molecule has 27 heavy (non-hydrogen) atoms. The lowest BCUT2D eigenvalue weighted by Gasteiger charge is -2.22. The number of aromatic amines is 1. The number of anilines is 1. The molecule has 0 aliphatic heterocycles. The molecule has 0 atom stereocenters. The third kappa shape index (κ3) is 3.94. The predicted octanol–water partition coefficient (Wildman–Crippen LogP) is 3.74. The molecule has 142 valence electrons. The van der Waals surface area contributed by atoms with E-state index >= 15 is 0 Å². The summed E-state index contributed by atoms with van der Waals surface area (Å²) in [6.07, 6.45) is 0. The minimum absolute atomic E-state index is 0.0326. The fourth-order valence-electron chi connectivity index (χ4n) is 2.75. The van der Waals surface area contributed by atoms with Crippen molar-refractivity contribution in [3.63, 3.8) is 0 Å². The van der Waals surface area contributed by atoms with E-state index in [0.717, 1.165) is 0 Å². The Balaban J connectivity index is 2.02. The molecule has 8 heteroatoms. The van der Waals surface area contributed by atoms with Gasteiger partial charge in [-0.2, -0.15) is 0 Å². The molecule has 0 aliphatic carbocycles. The van der Waals surface area contributed by atoms with Crippen LogP contribution in [0.3, 0.4) is 0 Å². The van der Waals surface area contributed by atoms with E-state index in [0.29, 0.717) is 27.3 Å². The average Bonchev–Trinajstić information content (AvgIpc) is 3.04. The number of rotatable bonds is 5. The predicted molar refractivity (Wildman–Crippen MR) is 107 cm³/mol. The van der Waals surface area contributed by atoms with Crippen molar-refractivity contribution in [1.29, 1.82) is 0 Å². The van der Waals surface area contributed by atoms with E-state index in [4.69, 9.17) is 23.2 Å². The minimum atomic E-state index is -1.02. The van der Waals surface area contributed by atoms with Crippen LogP contribution in [-0.4, -0.2) is 39.2 Å². The number of amides is 1. The average molecular weight is 408 g/mol. The van der Waals surface area contributed by atoms with Gasteiger partial charge in [-0.3, -0.25) is 4.79 Å². The molecule has 0 spiro atoms. The van der Waals surface area contributed by atoms with Gasteiger partial charge in [-0.1, -0.05) is 35.3 Å². The van der Waals surface area contributed by atoms with Gasteiger partial charge in [-0.25, -0.2) is 4.98 Å². The summed E-state index contributed by atoms with van der Waals surface area (Å²) in [4.78, 5) is 21.7. The Labute approximate surface area is 166 Å². The van der Waals surface area contributed by atoms with Gasteiger partial charge in [0.25, 0.3) is 5.91 Å². The number of aliphatic hydroxyl groups excluding tert-OH is 1. The van der Waals surface area contributed by atoms with E-state index in [2.05, 4.69) is 9.97 Å². The second kappa shape index (κ2) is 7.48. The third-order valence-corrected chi connectivity index (χ3v) is 4.99. The highest BCUT2D eigenvalue weighted by Crippen LogP contribution is 2.33. The number of imidazole rings is 1. The van der Waals surface area contributed by atoms with Crippen LogP contribution in [0.15, 0.2) is 36.4 Å². The van der Waals surface area contributed by atoms with E-state index in [1.165, 1.54) is 4.90 Å². The number of carbonyl (C=O) groups is 1. The van der Waals surface area contributed by atoms with Crippen molar-refractivity contribution in [2.75, 3.05) is 18.1 Å². The number of H-pyrrole nitrogens is 1. The normalized spacial score (nSPS) is 11.8. The lowest BCUT2D eigenvalue weighted by atomic mass is 9.98. The van der Waals surface area contributed by atoms with Gasteiger partial charge in [0.1, 0.15) is 0 Å². The molecule has 0 unspecified atom stereocenters. The maximum Gasteiger partial charge on any atom is 0.294 e. The van der Waals surface area contributed by atoms with E-state index in [1.807, 2.05) is 0 Å². The number of halogens is 2. The number of aromatic nitrogens is 2. The topological polar surface area (TPSA) is 89.5 Å². The summed E-state index contributed by atoms with van der Waals surface area (Å²) in [6.45, 7) is 3.14. The van der Waals surface area contributed by atoms with Gasteiger partial charge in [-0.05, 0) is 43.7 Å². The Morgan fingerprint density at radius 1 is 1.26 bits per heavy atom. The van der Waals surface area contributed by atoms with Crippen LogP contribution in [0.1, 0.15) is 30.0 Å². The summed E-state index contributed by atoms with van der Waals surface area (Å²) < 4.78 is 0. The summed E-state index contributed by atoms with van der Waals surface area (Å²) in [5.41, 5.74) is 1.27. The number of fused-ring (bicyclic) bond motifs is 1.